The summed E-state index contributed by atoms with van der Waals surface area (Å²) in [4.78, 5) is 4.13. The molecule has 2 rings (SSSR count). The van der Waals surface area contributed by atoms with Crippen LogP contribution in [0.1, 0.15) is 25.5 Å². The van der Waals surface area contributed by atoms with E-state index in [0.717, 1.165) is 5.69 Å². The van der Waals surface area contributed by atoms with Crippen LogP contribution in [-0.4, -0.2) is 14.8 Å². The minimum absolute atomic E-state index is 0.243. The Bertz CT molecular complexity index is 548. The standard InChI is InChI=1S/C11H12Cl2N4/c1-6(2)9-3-4-17(16-9)11-8(13)5-7(12)10(14)15-11/h3-6H,1-2H3,(H2,14,15). The zero-order valence-electron chi connectivity index (χ0n) is 9.48. The van der Waals surface area contributed by atoms with E-state index >= 15 is 0 Å². The summed E-state index contributed by atoms with van der Waals surface area (Å²) in [7, 11) is 0. The highest BCUT2D eigenvalue weighted by Crippen LogP contribution is 2.26. The summed E-state index contributed by atoms with van der Waals surface area (Å²) in [5.74, 6) is 1.08. The van der Waals surface area contributed by atoms with Crippen molar-refractivity contribution in [3.05, 3.63) is 34.1 Å². The quantitative estimate of drug-likeness (QED) is 0.911. The zero-order valence-corrected chi connectivity index (χ0v) is 11.0. The number of aromatic nitrogens is 3. The van der Waals surface area contributed by atoms with E-state index < -0.39 is 0 Å². The monoisotopic (exact) mass is 270 g/mol. The second kappa shape index (κ2) is 4.55. The number of halogens is 2. The summed E-state index contributed by atoms with van der Waals surface area (Å²) in [6.07, 6.45) is 1.80. The van der Waals surface area contributed by atoms with Gasteiger partial charge in [0, 0.05) is 6.20 Å². The maximum absolute atomic E-state index is 6.06. The Morgan fingerprint density at radius 2 is 2.00 bits per heavy atom. The molecule has 17 heavy (non-hydrogen) atoms. The van der Waals surface area contributed by atoms with Crippen LogP contribution in [0.15, 0.2) is 18.3 Å². The molecule has 0 aliphatic carbocycles. The van der Waals surface area contributed by atoms with Gasteiger partial charge >= 0.3 is 0 Å². The lowest BCUT2D eigenvalue weighted by Crippen LogP contribution is -2.03. The summed E-state index contributed by atoms with van der Waals surface area (Å²) >= 11 is 11.9. The summed E-state index contributed by atoms with van der Waals surface area (Å²) in [6, 6.07) is 3.49. The van der Waals surface area contributed by atoms with E-state index in [1.807, 2.05) is 6.07 Å². The number of hydrogen-bond donors (Lipinski definition) is 1. The maximum atomic E-state index is 6.06. The van der Waals surface area contributed by atoms with Crippen LogP contribution in [0.25, 0.3) is 5.82 Å². The van der Waals surface area contributed by atoms with Crippen molar-refractivity contribution in [1.29, 1.82) is 0 Å². The first-order valence-corrected chi connectivity index (χ1v) is 5.92. The van der Waals surface area contributed by atoms with Crippen molar-refractivity contribution in [3.63, 3.8) is 0 Å². The molecule has 0 aromatic carbocycles. The van der Waals surface area contributed by atoms with E-state index in [9.17, 15) is 0 Å². The lowest BCUT2D eigenvalue weighted by Gasteiger charge is -2.06. The Kier molecular flexibility index (Phi) is 3.26. The van der Waals surface area contributed by atoms with Crippen molar-refractivity contribution < 1.29 is 0 Å². The molecule has 2 aromatic rings. The van der Waals surface area contributed by atoms with Crippen LogP contribution in [-0.2, 0) is 0 Å². The Morgan fingerprint density at radius 1 is 1.29 bits per heavy atom. The maximum Gasteiger partial charge on any atom is 0.174 e. The minimum atomic E-state index is 0.243. The molecule has 2 N–H and O–H groups in total. The Labute approximate surface area is 109 Å². The van der Waals surface area contributed by atoms with Crippen LogP contribution in [0.4, 0.5) is 5.82 Å². The van der Waals surface area contributed by atoms with Crippen LogP contribution in [0.5, 0.6) is 0 Å². The Balaban J connectivity index is 2.49. The van der Waals surface area contributed by atoms with E-state index in [0.29, 0.717) is 21.8 Å². The van der Waals surface area contributed by atoms with Gasteiger partial charge < -0.3 is 5.73 Å². The zero-order chi connectivity index (χ0) is 12.6. The first-order chi connectivity index (χ1) is 7.99. The summed E-state index contributed by atoms with van der Waals surface area (Å²) in [5, 5.41) is 5.14. The number of anilines is 1. The van der Waals surface area contributed by atoms with Gasteiger partial charge in [-0.25, -0.2) is 9.67 Å². The highest BCUT2D eigenvalue weighted by Gasteiger charge is 2.11. The number of pyridine rings is 1. The molecular weight excluding hydrogens is 259 g/mol. The largest absolute Gasteiger partial charge is 0.382 e. The third kappa shape index (κ3) is 2.37. The van der Waals surface area contributed by atoms with E-state index in [1.165, 1.54) is 0 Å². The van der Waals surface area contributed by atoms with Gasteiger partial charge in [-0.2, -0.15) is 5.10 Å². The van der Waals surface area contributed by atoms with Gasteiger partial charge in [0.15, 0.2) is 5.82 Å². The van der Waals surface area contributed by atoms with Gasteiger partial charge in [0.05, 0.1) is 15.7 Å². The summed E-state index contributed by atoms with van der Waals surface area (Å²) < 4.78 is 1.60. The van der Waals surface area contributed by atoms with Gasteiger partial charge in [-0.1, -0.05) is 37.0 Å². The molecule has 2 aromatic heterocycles. The molecule has 0 aliphatic heterocycles. The molecule has 0 fully saturated rings. The molecule has 0 saturated carbocycles. The highest BCUT2D eigenvalue weighted by molar-refractivity contribution is 6.36. The smallest absolute Gasteiger partial charge is 0.174 e. The van der Waals surface area contributed by atoms with Gasteiger partial charge in [0.2, 0.25) is 0 Å². The van der Waals surface area contributed by atoms with Crippen molar-refractivity contribution >= 4 is 29.0 Å². The Hall–Kier alpha value is -1.26. The van der Waals surface area contributed by atoms with Crippen molar-refractivity contribution in [2.75, 3.05) is 5.73 Å². The van der Waals surface area contributed by atoms with E-state index in [1.54, 1.807) is 16.9 Å². The summed E-state index contributed by atoms with van der Waals surface area (Å²) in [6.45, 7) is 4.13. The molecule has 90 valence electrons. The average Bonchev–Trinajstić information content (AvgIpc) is 2.72. The fourth-order valence-electron chi connectivity index (χ4n) is 1.40. The van der Waals surface area contributed by atoms with Crippen LogP contribution in [0.3, 0.4) is 0 Å². The fourth-order valence-corrected chi connectivity index (χ4v) is 1.84. The molecule has 0 saturated heterocycles. The lowest BCUT2D eigenvalue weighted by molar-refractivity contribution is 0.758. The third-order valence-electron chi connectivity index (χ3n) is 2.36. The highest BCUT2D eigenvalue weighted by atomic mass is 35.5. The van der Waals surface area contributed by atoms with Gasteiger partial charge in [0.1, 0.15) is 5.82 Å². The molecule has 0 aliphatic rings. The van der Waals surface area contributed by atoms with Crippen LogP contribution >= 0.6 is 23.2 Å². The molecule has 0 bridgehead atoms. The van der Waals surface area contributed by atoms with Crippen molar-refractivity contribution in [1.82, 2.24) is 14.8 Å². The topological polar surface area (TPSA) is 56.7 Å². The number of nitrogens with two attached hydrogens (primary N) is 1. The fraction of sp³-hybridized carbons (Fsp3) is 0.273. The average molecular weight is 271 g/mol. The molecule has 0 spiro atoms. The van der Waals surface area contributed by atoms with E-state index in [2.05, 4.69) is 23.9 Å². The van der Waals surface area contributed by atoms with Crippen LogP contribution < -0.4 is 5.73 Å². The number of rotatable bonds is 2. The minimum Gasteiger partial charge on any atom is -0.382 e. The molecule has 6 heteroatoms. The number of nitrogen functional groups attached to an aromatic ring is 1. The first-order valence-electron chi connectivity index (χ1n) is 5.16. The number of hydrogen-bond acceptors (Lipinski definition) is 3. The molecule has 0 radical (unpaired) electrons. The van der Waals surface area contributed by atoms with Gasteiger partial charge in [-0.3, -0.25) is 0 Å². The number of nitrogens with zero attached hydrogens (tertiary/aromatic N) is 3. The molecule has 0 atom stereocenters. The van der Waals surface area contributed by atoms with Crippen molar-refractivity contribution in [2.45, 2.75) is 19.8 Å². The predicted molar refractivity (Wildman–Crippen MR) is 69.9 cm³/mol. The van der Waals surface area contributed by atoms with Gasteiger partial charge in [-0.05, 0) is 18.1 Å². The van der Waals surface area contributed by atoms with Crippen molar-refractivity contribution in [3.8, 4) is 5.82 Å². The Morgan fingerprint density at radius 3 is 2.59 bits per heavy atom. The second-order valence-electron chi connectivity index (χ2n) is 4.00. The lowest BCUT2D eigenvalue weighted by atomic mass is 10.1. The molecular formula is C11H12Cl2N4. The third-order valence-corrected chi connectivity index (χ3v) is 2.94. The molecule has 0 amide bonds. The van der Waals surface area contributed by atoms with Crippen LogP contribution in [0, 0.1) is 0 Å². The van der Waals surface area contributed by atoms with Crippen LogP contribution in [0.2, 0.25) is 10.0 Å². The summed E-state index contributed by atoms with van der Waals surface area (Å²) in [5.41, 5.74) is 6.62. The van der Waals surface area contributed by atoms with Gasteiger partial charge in [-0.15, -0.1) is 0 Å². The van der Waals surface area contributed by atoms with E-state index in [4.69, 9.17) is 28.9 Å². The molecule has 4 nitrogen and oxygen atoms in total. The van der Waals surface area contributed by atoms with Crippen molar-refractivity contribution in [2.24, 2.45) is 0 Å². The molecule has 0 unspecified atom stereocenters. The second-order valence-corrected chi connectivity index (χ2v) is 4.82. The van der Waals surface area contributed by atoms with E-state index in [-0.39, 0.29) is 5.82 Å². The molecule has 2 heterocycles. The van der Waals surface area contributed by atoms with Gasteiger partial charge in [0.25, 0.3) is 0 Å². The normalized spacial score (nSPS) is 11.1. The predicted octanol–water partition coefficient (Wildman–Crippen LogP) is 3.28. The SMILES string of the molecule is CC(C)c1ccn(-c2nc(N)c(Cl)cc2Cl)n1. The first kappa shape index (κ1) is 12.2.